The molecule has 2 aliphatic rings. The van der Waals surface area contributed by atoms with E-state index in [2.05, 4.69) is 58.4 Å². The maximum atomic E-state index is 12.7. The third-order valence-corrected chi connectivity index (χ3v) is 6.62. The van der Waals surface area contributed by atoms with Crippen LogP contribution in [0.1, 0.15) is 54.2 Å². The first kappa shape index (κ1) is 21.8. The Bertz CT molecular complexity index is 836. The second-order valence-corrected chi connectivity index (χ2v) is 9.04. The predicted molar refractivity (Wildman–Crippen MR) is 125 cm³/mol. The number of ether oxygens (including phenoxy) is 1. The van der Waals surface area contributed by atoms with E-state index in [4.69, 9.17) is 4.74 Å². The fourth-order valence-electron chi connectivity index (χ4n) is 4.38. The van der Waals surface area contributed by atoms with Gasteiger partial charge in [0, 0.05) is 44.0 Å². The Hall–Kier alpha value is -2.37. The maximum Gasteiger partial charge on any atom is 0.251 e. The molecule has 2 aliphatic heterocycles. The molecule has 1 N–H and O–H groups in total. The molecule has 2 aromatic carbocycles. The van der Waals surface area contributed by atoms with Crippen molar-refractivity contribution >= 4 is 11.6 Å². The summed E-state index contributed by atoms with van der Waals surface area (Å²) in [6.07, 6.45) is 2.53. The number of nitrogens with one attached hydrogen (secondary N) is 1. The Morgan fingerprint density at radius 3 is 2.29 bits per heavy atom. The summed E-state index contributed by atoms with van der Waals surface area (Å²) in [5.41, 5.74) is 4.35. The molecule has 0 saturated carbocycles. The van der Waals surface area contributed by atoms with Gasteiger partial charge in [0.2, 0.25) is 0 Å². The summed E-state index contributed by atoms with van der Waals surface area (Å²) in [7, 11) is 0. The molecule has 4 rings (SSSR count). The number of anilines is 1. The summed E-state index contributed by atoms with van der Waals surface area (Å²) in [5.74, 6) is 0.804. The molecule has 5 nitrogen and oxygen atoms in total. The second-order valence-electron chi connectivity index (χ2n) is 9.04. The number of carbonyl (C=O) groups is 1. The van der Waals surface area contributed by atoms with Crippen molar-refractivity contribution in [3.8, 4) is 0 Å². The van der Waals surface area contributed by atoms with Crippen LogP contribution in [0.15, 0.2) is 48.5 Å². The number of nitrogens with zero attached hydrogens (tertiary/aromatic N) is 2. The van der Waals surface area contributed by atoms with E-state index in [0.717, 1.165) is 57.4 Å². The predicted octanol–water partition coefficient (Wildman–Crippen LogP) is 4.25. The summed E-state index contributed by atoms with van der Waals surface area (Å²) in [6, 6.07) is 16.6. The van der Waals surface area contributed by atoms with Crippen LogP contribution in [-0.4, -0.2) is 50.2 Å². The fraction of sp³-hybridized carbons (Fsp3) is 0.500. The highest BCUT2D eigenvalue weighted by atomic mass is 16.5. The van der Waals surface area contributed by atoms with Crippen molar-refractivity contribution < 1.29 is 9.53 Å². The molecular formula is C26H35N3O2. The Labute approximate surface area is 186 Å². The highest BCUT2D eigenvalue weighted by Gasteiger charge is 2.17. The van der Waals surface area contributed by atoms with Crippen molar-refractivity contribution in [2.75, 3.05) is 44.3 Å². The van der Waals surface area contributed by atoms with E-state index in [9.17, 15) is 4.79 Å². The molecule has 2 fully saturated rings. The molecule has 0 unspecified atom stereocenters. The smallest absolute Gasteiger partial charge is 0.251 e. The van der Waals surface area contributed by atoms with E-state index < -0.39 is 0 Å². The van der Waals surface area contributed by atoms with Gasteiger partial charge in [0.1, 0.15) is 0 Å². The standard InChI is InChI=1S/C26H35N3O2/c1-20-11-13-29(14-12-20)25-9-7-23(8-10-25)21(2)27-26(30)24-5-3-22(4-6-24)19-28-15-17-31-18-16-28/h3-10,20-21H,11-19H2,1-2H3,(H,27,30)/t21-/m1/s1. The molecule has 1 atom stereocenters. The van der Waals surface area contributed by atoms with E-state index in [1.807, 2.05) is 19.1 Å². The van der Waals surface area contributed by atoms with Crippen molar-refractivity contribution in [2.24, 2.45) is 5.92 Å². The number of piperidine rings is 1. The van der Waals surface area contributed by atoms with Crippen LogP contribution in [0.5, 0.6) is 0 Å². The van der Waals surface area contributed by atoms with Crippen molar-refractivity contribution in [1.29, 1.82) is 0 Å². The van der Waals surface area contributed by atoms with Gasteiger partial charge in [-0.15, -0.1) is 0 Å². The normalized spacial score (nSPS) is 19.2. The number of carbonyl (C=O) groups excluding carboxylic acids is 1. The van der Waals surface area contributed by atoms with Gasteiger partial charge in [-0.1, -0.05) is 31.2 Å². The van der Waals surface area contributed by atoms with Gasteiger partial charge in [0.15, 0.2) is 0 Å². The third kappa shape index (κ3) is 5.86. The summed E-state index contributed by atoms with van der Waals surface area (Å²) < 4.78 is 5.41. The van der Waals surface area contributed by atoms with Gasteiger partial charge in [-0.3, -0.25) is 9.69 Å². The molecule has 0 spiro atoms. The molecule has 0 aromatic heterocycles. The van der Waals surface area contributed by atoms with Crippen molar-refractivity contribution in [1.82, 2.24) is 10.2 Å². The van der Waals surface area contributed by atoms with Crippen molar-refractivity contribution in [3.05, 3.63) is 65.2 Å². The lowest BCUT2D eigenvalue weighted by atomic mass is 9.98. The van der Waals surface area contributed by atoms with E-state index in [1.54, 1.807) is 0 Å². The van der Waals surface area contributed by atoms with Crippen LogP contribution in [0.25, 0.3) is 0 Å². The molecule has 2 saturated heterocycles. The van der Waals surface area contributed by atoms with Gasteiger partial charge in [-0.05, 0) is 61.1 Å². The molecule has 0 aliphatic carbocycles. The molecule has 0 bridgehead atoms. The van der Waals surface area contributed by atoms with Crippen molar-refractivity contribution in [3.63, 3.8) is 0 Å². The Morgan fingerprint density at radius 2 is 1.65 bits per heavy atom. The quantitative estimate of drug-likeness (QED) is 0.758. The monoisotopic (exact) mass is 421 g/mol. The Kier molecular flexibility index (Phi) is 7.25. The van der Waals surface area contributed by atoms with Crippen molar-refractivity contribution in [2.45, 2.75) is 39.3 Å². The summed E-state index contributed by atoms with van der Waals surface area (Å²) >= 11 is 0. The molecular weight excluding hydrogens is 386 g/mol. The largest absolute Gasteiger partial charge is 0.379 e. The molecule has 5 heteroatoms. The lowest BCUT2D eigenvalue weighted by Gasteiger charge is -2.32. The Balaban J connectivity index is 1.30. The molecule has 1 amide bonds. The van der Waals surface area contributed by atoms with Crippen LogP contribution in [0, 0.1) is 5.92 Å². The number of amides is 1. The van der Waals surface area contributed by atoms with Crippen LogP contribution < -0.4 is 10.2 Å². The number of morpholine rings is 1. The van der Waals surface area contributed by atoms with Crippen LogP contribution in [0.2, 0.25) is 0 Å². The van der Waals surface area contributed by atoms with Gasteiger partial charge >= 0.3 is 0 Å². The molecule has 0 radical (unpaired) electrons. The van der Waals surface area contributed by atoms with Gasteiger partial charge < -0.3 is 15.0 Å². The average molecular weight is 422 g/mol. The minimum Gasteiger partial charge on any atom is -0.379 e. The summed E-state index contributed by atoms with van der Waals surface area (Å²) in [6.45, 7) is 11.1. The maximum absolute atomic E-state index is 12.7. The number of hydrogen-bond donors (Lipinski definition) is 1. The summed E-state index contributed by atoms with van der Waals surface area (Å²) in [5, 5.41) is 3.14. The fourth-order valence-corrected chi connectivity index (χ4v) is 4.38. The second kappa shape index (κ2) is 10.3. The van der Waals surface area contributed by atoms with Gasteiger partial charge in [0.25, 0.3) is 5.91 Å². The first-order valence-corrected chi connectivity index (χ1v) is 11.6. The first-order chi connectivity index (χ1) is 15.1. The molecule has 31 heavy (non-hydrogen) atoms. The molecule has 2 heterocycles. The number of hydrogen-bond acceptors (Lipinski definition) is 4. The van der Waals surface area contributed by atoms with Crippen LogP contribution in [0.4, 0.5) is 5.69 Å². The SMILES string of the molecule is CC1CCN(c2ccc([C@@H](C)NC(=O)c3ccc(CN4CCOCC4)cc3)cc2)CC1. The lowest BCUT2D eigenvalue weighted by Crippen LogP contribution is -2.35. The van der Waals surface area contributed by atoms with E-state index in [0.29, 0.717) is 5.56 Å². The highest BCUT2D eigenvalue weighted by molar-refractivity contribution is 5.94. The molecule has 2 aromatic rings. The highest BCUT2D eigenvalue weighted by Crippen LogP contribution is 2.24. The third-order valence-electron chi connectivity index (χ3n) is 6.62. The van der Waals surface area contributed by atoms with E-state index in [-0.39, 0.29) is 11.9 Å². The zero-order valence-electron chi connectivity index (χ0n) is 18.8. The minimum atomic E-state index is -0.0315. The zero-order valence-corrected chi connectivity index (χ0v) is 18.8. The van der Waals surface area contributed by atoms with Crippen LogP contribution in [-0.2, 0) is 11.3 Å². The van der Waals surface area contributed by atoms with E-state index in [1.165, 1.54) is 24.1 Å². The van der Waals surface area contributed by atoms with Gasteiger partial charge in [0.05, 0.1) is 19.3 Å². The van der Waals surface area contributed by atoms with E-state index >= 15 is 0 Å². The lowest BCUT2D eigenvalue weighted by molar-refractivity contribution is 0.0342. The van der Waals surface area contributed by atoms with Crippen LogP contribution >= 0.6 is 0 Å². The molecule has 166 valence electrons. The number of rotatable bonds is 6. The zero-order chi connectivity index (χ0) is 21.6. The number of benzene rings is 2. The first-order valence-electron chi connectivity index (χ1n) is 11.6. The summed E-state index contributed by atoms with van der Waals surface area (Å²) in [4.78, 5) is 17.6. The Morgan fingerprint density at radius 1 is 1.00 bits per heavy atom. The van der Waals surface area contributed by atoms with Crippen LogP contribution in [0.3, 0.4) is 0 Å². The minimum absolute atomic E-state index is 0.0282. The average Bonchev–Trinajstić information content (AvgIpc) is 2.81. The van der Waals surface area contributed by atoms with Gasteiger partial charge in [-0.2, -0.15) is 0 Å². The topological polar surface area (TPSA) is 44.8 Å². The van der Waals surface area contributed by atoms with Gasteiger partial charge in [-0.25, -0.2) is 0 Å².